The molecule has 0 aliphatic heterocycles. The lowest BCUT2D eigenvalue weighted by Gasteiger charge is -2.41. The van der Waals surface area contributed by atoms with Crippen molar-refractivity contribution < 1.29 is 4.79 Å². The zero-order chi connectivity index (χ0) is 14.5. The highest BCUT2D eigenvalue weighted by atomic mass is 16.1. The highest BCUT2D eigenvalue weighted by Crippen LogP contribution is 2.57. The Labute approximate surface area is 124 Å². The van der Waals surface area contributed by atoms with Gasteiger partial charge in [0.1, 0.15) is 0 Å². The number of hydrogen-bond donors (Lipinski definition) is 0. The molecule has 1 heteroatoms. The molecule has 112 valence electrons. The summed E-state index contributed by atoms with van der Waals surface area (Å²) in [5.41, 5.74) is 1.96. The Bertz CT molecular complexity index is 433. The van der Waals surface area contributed by atoms with Crippen molar-refractivity contribution in [3.63, 3.8) is 0 Å². The Morgan fingerprint density at radius 2 is 2.00 bits per heavy atom. The van der Waals surface area contributed by atoms with Gasteiger partial charge in [-0.2, -0.15) is 0 Å². The van der Waals surface area contributed by atoms with E-state index in [1.807, 2.05) is 6.08 Å². The van der Waals surface area contributed by atoms with Gasteiger partial charge in [0, 0.05) is 6.42 Å². The summed E-state index contributed by atoms with van der Waals surface area (Å²) in [5, 5.41) is 0. The molecule has 5 atom stereocenters. The molecule has 0 spiro atoms. The van der Waals surface area contributed by atoms with Gasteiger partial charge in [0.15, 0.2) is 5.78 Å². The predicted molar refractivity (Wildman–Crippen MR) is 83.4 cm³/mol. The average molecular weight is 274 g/mol. The summed E-state index contributed by atoms with van der Waals surface area (Å²) < 4.78 is 0. The summed E-state index contributed by atoms with van der Waals surface area (Å²) in [7, 11) is 0. The maximum atomic E-state index is 11.9. The van der Waals surface area contributed by atoms with Crippen LogP contribution in [-0.2, 0) is 4.79 Å². The maximum Gasteiger partial charge on any atom is 0.156 e. The van der Waals surface area contributed by atoms with Gasteiger partial charge in [-0.3, -0.25) is 4.79 Å². The van der Waals surface area contributed by atoms with Crippen LogP contribution in [0, 0.1) is 35.0 Å². The fourth-order valence-electron chi connectivity index (χ4n) is 5.56. The van der Waals surface area contributed by atoms with Crippen LogP contribution in [0.3, 0.4) is 0 Å². The topological polar surface area (TPSA) is 17.1 Å². The van der Waals surface area contributed by atoms with Gasteiger partial charge in [0.05, 0.1) is 0 Å². The van der Waals surface area contributed by atoms with Gasteiger partial charge in [-0.25, -0.2) is 0 Å². The minimum absolute atomic E-state index is 0.386. The van der Waals surface area contributed by atoms with Crippen molar-refractivity contribution in [1.29, 1.82) is 0 Å². The number of fused-ring (bicyclic) bond motifs is 2. The Hall–Kier alpha value is -0.590. The molecule has 2 fully saturated rings. The van der Waals surface area contributed by atoms with Crippen molar-refractivity contribution >= 4 is 5.78 Å². The third-order valence-corrected chi connectivity index (χ3v) is 6.79. The molecule has 0 N–H and O–H groups in total. The van der Waals surface area contributed by atoms with Crippen molar-refractivity contribution in [1.82, 2.24) is 0 Å². The van der Waals surface area contributed by atoms with Crippen LogP contribution in [0.2, 0.25) is 0 Å². The van der Waals surface area contributed by atoms with Gasteiger partial charge >= 0.3 is 0 Å². The van der Waals surface area contributed by atoms with Crippen molar-refractivity contribution in [3.05, 3.63) is 11.6 Å². The third kappa shape index (κ3) is 2.27. The van der Waals surface area contributed by atoms with E-state index in [9.17, 15) is 4.79 Å². The first-order chi connectivity index (χ1) is 9.40. The maximum absolute atomic E-state index is 11.9. The Morgan fingerprint density at radius 1 is 1.25 bits per heavy atom. The van der Waals surface area contributed by atoms with E-state index in [1.165, 1.54) is 37.7 Å². The van der Waals surface area contributed by atoms with Crippen LogP contribution >= 0.6 is 0 Å². The molecule has 0 radical (unpaired) electrons. The second-order valence-electron chi connectivity index (χ2n) is 8.43. The van der Waals surface area contributed by atoms with Crippen LogP contribution in [0.4, 0.5) is 0 Å². The van der Waals surface area contributed by atoms with E-state index in [0.29, 0.717) is 23.0 Å². The second kappa shape index (κ2) is 5.00. The molecule has 3 aliphatic rings. The molecular weight excluding hydrogens is 244 g/mol. The van der Waals surface area contributed by atoms with Crippen LogP contribution in [0.5, 0.6) is 0 Å². The number of carbonyl (C=O) groups is 1. The number of hydrogen-bond acceptors (Lipinski definition) is 1. The van der Waals surface area contributed by atoms with Gasteiger partial charge in [0.2, 0.25) is 0 Å². The smallest absolute Gasteiger partial charge is 0.156 e. The summed E-state index contributed by atoms with van der Waals surface area (Å²) >= 11 is 0. The van der Waals surface area contributed by atoms with Crippen molar-refractivity contribution in [2.24, 2.45) is 35.0 Å². The van der Waals surface area contributed by atoms with Crippen molar-refractivity contribution in [2.45, 2.75) is 66.2 Å². The molecule has 3 rings (SSSR count). The molecule has 0 saturated heterocycles. The SMILES string of the molecule is CC(C)[C@@H]1CC[C@@]2(C)CC3=CC(=O)CC3[C@H](C)CC[C@H]12. The lowest BCUT2D eigenvalue weighted by molar-refractivity contribution is -0.114. The zero-order valence-corrected chi connectivity index (χ0v) is 13.6. The van der Waals surface area contributed by atoms with Gasteiger partial charge in [-0.1, -0.05) is 33.3 Å². The first kappa shape index (κ1) is 14.4. The van der Waals surface area contributed by atoms with E-state index in [1.54, 1.807) is 0 Å². The van der Waals surface area contributed by atoms with E-state index < -0.39 is 0 Å². The quantitative estimate of drug-likeness (QED) is 0.657. The Morgan fingerprint density at radius 3 is 2.70 bits per heavy atom. The van der Waals surface area contributed by atoms with Crippen LogP contribution in [0.25, 0.3) is 0 Å². The summed E-state index contributed by atoms with van der Waals surface area (Å²) in [5.74, 6) is 4.25. The van der Waals surface area contributed by atoms with Crippen molar-refractivity contribution in [3.8, 4) is 0 Å². The van der Waals surface area contributed by atoms with E-state index >= 15 is 0 Å². The van der Waals surface area contributed by atoms with Crippen LogP contribution < -0.4 is 0 Å². The first-order valence-electron chi connectivity index (χ1n) is 8.64. The predicted octanol–water partition coefficient (Wildman–Crippen LogP) is 5.01. The van der Waals surface area contributed by atoms with E-state index in [-0.39, 0.29) is 0 Å². The molecule has 3 aliphatic carbocycles. The molecule has 2 saturated carbocycles. The minimum Gasteiger partial charge on any atom is -0.295 e. The van der Waals surface area contributed by atoms with E-state index in [4.69, 9.17) is 0 Å². The molecule has 0 aromatic carbocycles. The monoisotopic (exact) mass is 274 g/mol. The minimum atomic E-state index is 0.386. The number of ketones is 1. The summed E-state index contributed by atoms with van der Waals surface area (Å²) in [6.45, 7) is 9.69. The average Bonchev–Trinajstić information content (AvgIpc) is 2.86. The van der Waals surface area contributed by atoms with Gasteiger partial charge in [-0.15, -0.1) is 0 Å². The zero-order valence-electron chi connectivity index (χ0n) is 13.6. The Balaban J connectivity index is 1.89. The fourth-order valence-corrected chi connectivity index (χ4v) is 5.56. The number of allylic oxidation sites excluding steroid dienone is 2. The lowest BCUT2D eigenvalue weighted by atomic mass is 9.64. The first-order valence-corrected chi connectivity index (χ1v) is 8.64. The number of carbonyl (C=O) groups excluding carboxylic acids is 1. The molecular formula is C19H30O. The molecule has 0 aromatic heterocycles. The second-order valence-corrected chi connectivity index (χ2v) is 8.43. The standard InChI is InChI=1S/C19H30O/c1-12(2)16-7-8-19(4)11-14-9-15(20)10-17(14)13(3)5-6-18(16)19/h9,12-13,16-18H,5-8,10-11H2,1-4H3/t13-,16+,17?,18-,19+/m1/s1. The number of rotatable bonds is 1. The third-order valence-electron chi connectivity index (χ3n) is 6.79. The molecule has 1 nitrogen and oxygen atoms in total. The molecule has 0 heterocycles. The summed E-state index contributed by atoms with van der Waals surface area (Å²) in [4.78, 5) is 11.9. The van der Waals surface area contributed by atoms with E-state index in [0.717, 1.165) is 24.2 Å². The lowest BCUT2D eigenvalue weighted by Crippen LogP contribution is -2.32. The van der Waals surface area contributed by atoms with Crippen LogP contribution in [-0.4, -0.2) is 5.78 Å². The molecule has 0 bridgehead atoms. The largest absolute Gasteiger partial charge is 0.295 e. The summed E-state index contributed by atoms with van der Waals surface area (Å²) in [6.07, 6.45) is 9.48. The normalized spacial score (nSPS) is 44.9. The summed E-state index contributed by atoms with van der Waals surface area (Å²) in [6, 6.07) is 0. The highest BCUT2D eigenvalue weighted by molar-refractivity contribution is 5.93. The molecule has 20 heavy (non-hydrogen) atoms. The van der Waals surface area contributed by atoms with E-state index in [2.05, 4.69) is 27.7 Å². The van der Waals surface area contributed by atoms with Gasteiger partial charge in [-0.05, 0) is 73.2 Å². The van der Waals surface area contributed by atoms with Gasteiger partial charge in [0.25, 0.3) is 0 Å². The molecule has 0 aromatic rings. The van der Waals surface area contributed by atoms with Gasteiger partial charge < -0.3 is 0 Å². The van der Waals surface area contributed by atoms with Crippen LogP contribution in [0.1, 0.15) is 66.2 Å². The molecule has 1 unspecified atom stereocenters. The highest BCUT2D eigenvalue weighted by Gasteiger charge is 2.48. The molecule has 0 amide bonds. The van der Waals surface area contributed by atoms with Crippen molar-refractivity contribution in [2.75, 3.05) is 0 Å². The Kier molecular flexibility index (Phi) is 3.59. The van der Waals surface area contributed by atoms with Crippen LogP contribution in [0.15, 0.2) is 11.6 Å². The fraction of sp³-hybridized carbons (Fsp3) is 0.842.